The highest BCUT2D eigenvalue weighted by Crippen LogP contribution is 2.37. The zero-order valence-electron chi connectivity index (χ0n) is 11.2. The smallest absolute Gasteiger partial charge is 0.246 e. The first kappa shape index (κ1) is 13.3. The van der Waals surface area contributed by atoms with Gasteiger partial charge in [0, 0.05) is 17.2 Å². The highest BCUT2D eigenvalue weighted by atomic mass is 32.1. The zero-order valence-corrected chi connectivity index (χ0v) is 12.0. The number of carbonyl (C=O) groups is 1. The molecule has 1 N–H and O–H groups in total. The maximum absolute atomic E-state index is 11.7. The second kappa shape index (κ2) is 6.17. The molecule has 0 saturated heterocycles. The van der Waals surface area contributed by atoms with Crippen LogP contribution in [-0.2, 0) is 17.8 Å². The number of nitrogens with one attached hydrogen (secondary N) is 1. The molecule has 1 amide bonds. The third kappa shape index (κ3) is 3.66. The van der Waals surface area contributed by atoms with Crippen molar-refractivity contribution >= 4 is 17.2 Å². The number of hydrogen-bond donors (Lipinski definition) is 1. The predicted octanol–water partition coefficient (Wildman–Crippen LogP) is 2.65. The van der Waals surface area contributed by atoms with Crippen molar-refractivity contribution in [2.24, 2.45) is 0 Å². The molecular weight excluding hydrogens is 274 g/mol. The zero-order chi connectivity index (χ0) is 13.8. The predicted molar refractivity (Wildman–Crippen MR) is 75.4 cm³/mol. The lowest BCUT2D eigenvalue weighted by atomic mass is 10.2. The third-order valence-corrected chi connectivity index (χ3v) is 4.21. The molecule has 0 bridgehead atoms. The Bertz CT molecular complexity index is 561. The summed E-state index contributed by atoms with van der Waals surface area (Å²) in [5.74, 6) is 1.80. The van der Waals surface area contributed by atoms with Crippen LogP contribution in [-0.4, -0.2) is 16.0 Å². The van der Waals surface area contributed by atoms with Gasteiger partial charge in [0.2, 0.25) is 11.8 Å². The van der Waals surface area contributed by atoms with Gasteiger partial charge in [0.1, 0.15) is 0 Å². The van der Waals surface area contributed by atoms with Gasteiger partial charge in [0.15, 0.2) is 5.82 Å². The minimum atomic E-state index is 0.0349. The number of nitrogens with zero attached hydrogens (tertiary/aromatic N) is 2. The molecule has 106 valence electrons. The van der Waals surface area contributed by atoms with Crippen LogP contribution < -0.4 is 5.32 Å². The van der Waals surface area contributed by atoms with Crippen LogP contribution in [0.2, 0.25) is 0 Å². The summed E-state index contributed by atoms with van der Waals surface area (Å²) in [6.45, 7) is 0.331. The molecule has 0 aromatic carbocycles. The average molecular weight is 291 g/mol. The summed E-state index contributed by atoms with van der Waals surface area (Å²) in [4.78, 5) is 17.3. The van der Waals surface area contributed by atoms with E-state index in [1.54, 1.807) is 11.3 Å². The summed E-state index contributed by atoms with van der Waals surface area (Å²) in [6, 6.07) is 4.13. The number of thiophene rings is 1. The minimum absolute atomic E-state index is 0.0349. The second-order valence-electron chi connectivity index (χ2n) is 5.03. The van der Waals surface area contributed by atoms with E-state index >= 15 is 0 Å². The summed E-state index contributed by atoms with van der Waals surface area (Å²) in [7, 11) is 0. The van der Waals surface area contributed by atoms with E-state index in [1.165, 1.54) is 4.88 Å². The van der Waals surface area contributed by atoms with Crippen molar-refractivity contribution in [2.45, 2.75) is 44.6 Å². The normalized spacial score (nSPS) is 14.4. The van der Waals surface area contributed by atoms with E-state index in [9.17, 15) is 4.79 Å². The Morgan fingerprint density at radius 1 is 1.50 bits per heavy atom. The molecule has 2 heterocycles. The molecule has 1 aliphatic rings. The van der Waals surface area contributed by atoms with Crippen LogP contribution in [0.3, 0.4) is 0 Å². The molecule has 3 rings (SSSR count). The molecule has 0 unspecified atom stereocenters. The summed E-state index contributed by atoms with van der Waals surface area (Å²) in [6.07, 6.45) is 4.64. The van der Waals surface area contributed by atoms with Crippen LogP contribution in [0.4, 0.5) is 0 Å². The van der Waals surface area contributed by atoms with Crippen molar-refractivity contribution in [3.63, 3.8) is 0 Å². The van der Waals surface area contributed by atoms with Gasteiger partial charge in [-0.15, -0.1) is 11.3 Å². The number of rotatable bonds is 7. The quantitative estimate of drug-likeness (QED) is 0.851. The maximum atomic E-state index is 11.7. The van der Waals surface area contributed by atoms with E-state index in [0.717, 1.165) is 31.5 Å². The number of amides is 1. The number of hydrogen-bond acceptors (Lipinski definition) is 5. The van der Waals surface area contributed by atoms with Crippen molar-refractivity contribution in [3.8, 4) is 0 Å². The van der Waals surface area contributed by atoms with Gasteiger partial charge in [-0.1, -0.05) is 11.2 Å². The Hall–Kier alpha value is -1.69. The van der Waals surface area contributed by atoms with Gasteiger partial charge in [-0.2, -0.15) is 4.98 Å². The van der Waals surface area contributed by atoms with E-state index < -0.39 is 0 Å². The minimum Gasteiger partial charge on any atom is -0.347 e. The summed E-state index contributed by atoms with van der Waals surface area (Å²) < 4.78 is 5.11. The lowest BCUT2D eigenvalue weighted by Gasteiger charge is -2.01. The SMILES string of the molecule is O=C(CCCc1cccs1)NCc1nc(C2CC2)no1. The topological polar surface area (TPSA) is 68.0 Å². The average Bonchev–Trinajstić information content (AvgIpc) is 2.98. The van der Waals surface area contributed by atoms with E-state index in [1.807, 2.05) is 6.07 Å². The van der Waals surface area contributed by atoms with Gasteiger partial charge in [-0.05, 0) is 37.1 Å². The van der Waals surface area contributed by atoms with Gasteiger partial charge < -0.3 is 9.84 Å². The summed E-state index contributed by atoms with van der Waals surface area (Å²) in [5.41, 5.74) is 0. The number of aryl methyl sites for hydroxylation is 1. The second-order valence-corrected chi connectivity index (χ2v) is 6.06. The molecule has 0 radical (unpaired) electrons. The van der Waals surface area contributed by atoms with Crippen LogP contribution >= 0.6 is 11.3 Å². The van der Waals surface area contributed by atoms with Crippen molar-refractivity contribution in [1.82, 2.24) is 15.5 Å². The summed E-state index contributed by atoms with van der Waals surface area (Å²) in [5, 5.41) is 8.79. The molecule has 2 aromatic rings. The van der Waals surface area contributed by atoms with Gasteiger partial charge in [-0.3, -0.25) is 4.79 Å². The molecule has 0 spiro atoms. The fourth-order valence-electron chi connectivity index (χ4n) is 1.99. The first-order chi connectivity index (χ1) is 9.81. The van der Waals surface area contributed by atoms with Gasteiger partial charge in [-0.25, -0.2) is 0 Å². The van der Waals surface area contributed by atoms with Crippen LogP contribution in [0.5, 0.6) is 0 Å². The van der Waals surface area contributed by atoms with E-state index in [4.69, 9.17) is 4.52 Å². The maximum Gasteiger partial charge on any atom is 0.246 e. The van der Waals surface area contributed by atoms with E-state index in [-0.39, 0.29) is 5.91 Å². The molecule has 1 aliphatic carbocycles. The Morgan fingerprint density at radius 2 is 2.40 bits per heavy atom. The summed E-state index contributed by atoms with van der Waals surface area (Å²) >= 11 is 1.73. The van der Waals surface area contributed by atoms with Crippen LogP contribution in [0, 0.1) is 0 Å². The van der Waals surface area contributed by atoms with Crippen molar-refractivity contribution in [2.75, 3.05) is 0 Å². The fraction of sp³-hybridized carbons (Fsp3) is 0.500. The van der Waals surface area contributed by atoms with Gasteiger partial charge >= 0.3 is 0 Å². The largest absolute Gasteiger partial charge is 0.347 e. The molecular formula is C14H17N3O2S. The number of carbonyl (C=O) groups excluding carboxylic acids is 1. The Labute approximate surface area is 121 Å². The fourth-order valence-corrected chi connectivity index (χ4v) is 2.74. The Balaban J connectivity index is 1.35. The Morgan fingerprint density at radius 3 is 3.15 bits per heavy atom. The monoisotopic (exact) mass is 291 g/mol. The van der Waals surface area contributed by atoms with Crippen molar-refractivity contribution < 1.29 is 9.32 Å². The van der Waals surface area contributed by atoms with E-state index in [0.29, 0.717) is 24.8 Å². The molecule has 20 heavy (non-hydrogen) atoms. The Kier molecular flexibility index (Phi) is 4.11. The highest BCUT2D eigenvalue weighted by molar-refractivity contribution is 7.09. The van der Waals surface area contributed by atoms with Crippen molar-refractivity contribution in [3.05, 3.63) is 34.1 Å². The highest BCUT2D eigenvalue weighted by Gasteiger charge is 2.28. The molecule has 5 nitrogen and oxygen atoms in total. The molecule has 1 saturated carbocycles. The van der Waals surface area contributed by atoms with Crippen LogP contribution in [0.15, 0.2) is 22.0 Å². The molecule has 0 atom stereocenters. The third-order valence-electron chi connectivity index (χ3n) is 3.27. The van der Waals surface area contributed by atoms with Crippen LogP contribution in [0.25, 0.3) is 0 Å². The molecule has 1 fully saturated rings. The van der Waals surface area contributed by atoms with Gasteiger partial charge in [0.05, 0.1) is 6.54 Å². The molecule has 6 heteroatoms. The van der Waals surface area contributed by atoms with Gasteiger partial charge in [0.25, 0.3) is 0 Å². The lowest BCUT2D eigenvalue weighted by molar-refractivity contribution is -0.121. The van der Waals surface area contributed by atoms with Crippen molar-refractivity contribution in [1.29, 1.82) is 0 Å². The number of aromatic nitrogens is 2. The molecule has 2 aromatic heterocycles. The van der Waals surface area contributed by atoms with Crippen LogP contribution in [0.1, 0.15) is 48.2 Å². The van der Waals surface area contributed by atoms with E-state index in [2.05, 4.69) is 26.9 Å². The first-order valence-electron chi connectivity index (χ1n) is 6.93. The first-order valence-corrected chi connectivity index (χ1v) is 7.81. The lowest BCUT2D eigenvalue weighted by Crippen LogP contribution is -2.22. The standard InChI is InChI=1S/C14H17N3O2S/c18-12(5-1-3-11-4-2-8-20-11)15-9-13-16-14(17-19-13)10-6-7-10/h2,4,8,10H,1,3,5-7,9H2,(H,15,18). The molecule has 0 aliphatic heterocycles.